The molecule has 2 aliphatic heterocycles. The first-order valence-corrected chi connectivity index (χ1v) is 8.41. The van der Waals surface area contributed by atoms with Crippen LogP contribution in [0.15, 0.2) is 4.99 Å². The average molecular weight is 310 g/mol. The molecule has 0 aromatic heterocycles. The summed E-state index contributed by atoms with van der Waals surface area (Å²) < 4.78 is 5.66. The monoisotopic (exact) mass is 310 g/mol. The van der Waals surface area contributed by atoms with E-state index in [4.69, 9.17) is 4.74 Å². The van der Waals surface area contributed by atoms with Crippen molar-refractivity contribution in [3.8, 4) is 0 Å². The molecule has 2 atom stereocenters. The number of amides is 1. The number of nitrogens with one attached hydrogen (secondary N) is 1. The van der Waals surface area contributed by atoms with Gasteiger partial charge in [-0.1, -0.05) is 6.92 Å². The molecule has 2 saturated heterocycles. The van der Waals surface area contributed by atoms with Gasteiger partial charge >= 0.3 is 0 Å². The fourth-order valence-corrected chi connectivity index (χ4v) is 2.94. The summed E-state index contributed by atoms with van der Waals surface area (Å²) in [5.74, 6) is 1.56. The maximum Gasteiger partial charge on any atom is 0.243 e. The Morgan fingerprint density at radius 3 is 2.82 bits per heavy atom. The topological polar surface area (TPSA) is 57.2 Å². The van der Waals surface area contributed by atoms with Gasteiger partial charge in [0.25, 0.3) is 0 Å². The second-order valence-electron chi connectivity index (χ2n) is 6.64. The van der Waals surface area contributed by atoms with Gasteiger partial charge in [-0.3, -0.25) is 4.79 Å². The molecule has 0 spiro atoms. The van der Waals surface area contributed by atoms with Gasteiger partial charge in [0.2, 0.25) is 5.91 Å². The molecule has 2 rings (SSSR count). The van der Waals surface area contributed by atoms with Crippen LogP contribution >= 0.6 is 0 Å². The zero-order valence-electron chi connectivity index (χ0n) is 14.2. The smallest absolute Gasteiger partial charge is 0.243 e. The summed E-state index contributed by atoms with van der Waals surface area (Å²) in [6, 6.07) is 0. The molecule has 0 aliphatic carbocycles. The number of carbonyl (C=O) groups is 1. The number of nitrogens with zero attached hydrogens (tertiary/aromatic N) is 3. The number of ether oxygens (including phenoxy) is 1. The second kappa shape index (κ2) is 8.36. The Hall–Kier alpha value is -1.30. The van der Waals surface area contributed by atoms with Gasteiger partial charge in [0.05, 0.1) is 6.10 Å². The maximum absolute atomic E-state index is 11.8. The summed E-state index contributed by atoms with van der Waals surface area (Å²) in [5.41, 5.74) is 0. The molecule has 6 heteroatoms. The molecule has 0 aromatic rings. The molecule has 6 nitrogen and oxygen atoms in total. The number of likely N-dealkylation sites (N-methyl/N-ethyl adjacent to an activating group) is 1. The largest absolute Gasteiger partial charge is 0.376 e. The molecule has 0 saturated carbocycles. The van der Waals surface area contributed by atoms with Gasteiger partial charge in [-0.05, 0) is 31.6 Å². The van der Waals surface area contributed by atoms with Crippen LogP contribution in [0.2, 0.25) is 0 Å². The van der Waals surface area contributed by atoms with Crippen LogP contribution in [-0.4, -0.2) is 74.7 Å². The Balaban J connectivity index is 1.95. The lowest BCUT2D eigenvalue weighted by Gasteiger charge is -2.34. The summed E-state index contributed by atoms with van der Waals surface area (Å²) in [4.78, 5) is 20.2. The fraction of sp³-hybridized carbons (Fsp3) is 0.875. The Kier molecular flexibility index (Phi) is 6.49. The molecule has 2 aliphatic rings. The zero-order valence-corrected chi connectivity index (χ0v) is 14.2. The molecule has 1 N–H and O–H groups in total. The van der Waals surface area contributed by atoms with Gasteiger partial charge in [-0.15, -0.1) is 0 Å². The normalized spacial score (nSPS) is 26.1. The highest BCUT2D eigenvalue weighted by Gasteiger charge is 2.22. The van der Waals surface area contributed by atoms with Crippen molar-refractivity contribution in [1.82, 2.24) is 15.1 Å². The lowest BCUT2D eigenvalue weighted by Crippen LogP contribution is -2.48. The molecule has 0 bridgehead atoms. The summed E-state index contributed by atoms with van der Waals surface area (Å²) >= 11 is 0. The minimum atomic E-state index is 0.0291. The summed E-state index contributed by atoms with van der Waals surface area (Å²) in [6.45, 7) is 6.13. The zero-order chi connectivity index (χ0) is 15.9. The number of aliphatic imine (C=N–C) groups is 1. The minimum Gasteiger partial charge on any atom is -0.376 e. The van der Waals surface area contributed by atoms with Crippen molar-refractivity contribution in [2.75, 3.05) is 46.9 Å². The van der Waals surface area contributed by atoms with E-state index in [2.05, 4.69) is 22.1 Å². The molecule has 126 valence electrons. The van der Waals surface area contributed by atoms with Crippen molar-refractivity contribution in [2.45, 2.75) is 38.7 Å². The van der Waals surface area contributed by atoms with Crippen molar-refractivity contribution in [3.05, 3.63) is 0 Å². The number of likely N-dealkylation sites (tertiary alicyclic amines) is 1. The number of guanidine groups is 1. The predicted molar refractivity (Wildman–Crippen MR) is 87.9 cm³/mol. The Morgan fingerprint density at radius 2 is 2.18 bits per heavy atom. The van der Waals surface area contributed by atoms with Crippen LogP contribution in [0.1, 0.15) is 32.6 Å². The fourth-order valence-electron chi connectivity index (χ4n) is 2.94. The average Bonchev–Trinajstić information content (AvgIpc) is 3.00. The third-order valence-electron chi connectivity index (χ3n) is 4.33. The highest BCUT2D eigenvalue weighted by molar-refractivity contribution is 5.84. The number of piperidine rings is 1. The van der Waals surface area contributed by atoms with E-state index in [1.807, 2.05) is 0 Å². The van der Waals surface area contributed by atoms with Crippen molar-refractivity contribution in [3.63, 3.8) is 0 Å². The number of hydrogen-bond donors (Lipinski definition) is 1. The summed E-state index contributed by atoms with van der Waals surface area (Å²) in [5, 5.41) is 3.43. The molecule has 0 aromatic carbocycles. The third-order valence-corrected chi connectivity index (χ3v) is 4.33. The second-order valence-corrected chi connectivity index (χ2v) is 6.64. The first-order valence-electron chi connectivity index (χ1n) is 8.41. The van der Waals surface area contributed by atoms with Gasteiger partial charge < -0.3 is 19.9 Å². The van der Waals surface area contributed by atoms with E-state index in [1.165, 1.54) is 12.8 Å². The van der Waals surface area contributed by atoms with E-state index < -0.39 is 0 Å². The van der Waals surface area contributed by atoms with Crippen LogP contribution in [0, 0.1) is 5.92 Å². The highest BCUT2D eigenvalue weighted by Crippen LogP contribution is 2.16. The van der Waals surface area contributed by atoms with E-state index >= 15 is 0 Å². The molecule has 1 amide bonds. The Morgan fingerprint density at radius 1 is 1.36 bits per heavy atom. The van der Waals surface area contributed by atoms with Gasteiger partial charge in [0.1, 0.15) is 6.54 Å². The minimum absolute atomic E-state index is 0.0291. The number of carbonyl (C=O) groups excluding carboxylic acids is 1. The van der Waals surface area contributed by atoms with Crippen LogP contribution < -0.4 is 5.32 Å². The number of rotatable bonds is 4. The number of hydrogen-bond acceptors (Lipinski definition) is 3. The van der Waals surface area contributed by atoms with E-state index in [1.54, 1.807) is 19.0 Å². The molecule has 2 heterocycles. The molecule has 2 fully saturated rings. The quantitative estimate of drug-likeness (QED) is 0.620. The SMILES string of the molecule is CC1CCCN(C(=NCC(=O)N(C)C)NCC2CCCO2)C1. The first kappa shape index (κ1) is 17.1. The Labute approximate surface area is 133 Å². The lowest BCUT2D eigenvalue weighted by atomic mass is 10.0. The Bertz CT molecular complexity index is 392. The standard InChI is InChI=1S/C16H30N4O2/c1-13-6-4-8-20(12-13)16(18-11-15(21)19(2)3)17-10-14-7-5-9-22-14/h13-14H,4-12H2,1-3H3,(H,17,18). The molecule has 2 unspecified atom stereocenters. The van der Waals surface area contributed by atoms with Gasteiger partial charge in [-0.2, -0.15) is 0 Å². The van der Waals surface area contributed by atoms with Crippen molar-refractivity contribution in [1.29, 1.82) is 0 Å². The van der Waals surface area contributed by atoms with E-state index in [-0.39, 0.29) is 18.6 Å². The van der Waals surface area contributed by atoms with Crippen LogP contribution in [-0.2, 0) is 9.53 Å². The van der Waals surface area contributed by atoms with Crippen LogP contribution in [0.3, 0.4) is 0 Å². The lowest BCUT2D eigenvalue weighted by molar-refractivity contribution is -0.127. The van der Waals surface area contributed by atoms with E-state index in [0.29, 0.717) is 5.92 Å². The molecule has 0 radical (unpaired) electrons. The molecular formula is C16H30N4O2. The van der Waals surface area contributed by atoms with Gasteiger partial charge in [-0.25, -0.2) is 4.99 Å². The maximum atomic E-state index is 11.8. The first-order chi connectivity index (χ1) is 10.6. The van der Waals surface area contributed by atoms with Crippen molar-refractivity contribution < 1.29 is 9.53 Å². The van der Waals surface area contributed by atoms with Crippen molar-refractivity contribution >= 4 is 11.9 Å². The molecular weight excluding hydrogens is 280 g/mol. The highest BCUT2D eigenvalue weighted by atomic mass is 16.5. The van der Waals surface area contributed by atoms with E-state index in [9.17, 15) is 4.79 Å². The van der Waals surface area contributed by atoms with Crippen LogP contribution in [0.4, 0.5) is 0 Å². The third kappa shape index (κ3) is 5.16. The van der Waals surface area contributed by atoms with Crippen LogP contribution in [0.25, 0.3) is 0 Å². The predicted octanol–water partition coefficient (Wildman–Crippen LogP) is 0.931. The summed E-state index contributed by atoms with van der Waals surface area (Å²) in [6.07, 6.45) is 4.97. The van der Waals surface area contributed by atoms with Crippen LogP contribution in [0.5, 0.6) is 0 Å². The summed E-state index contributed by atoms with van der Waals surface area (Å²) in [7, 11) is 3.53. The van der Waals surface area contributed by atoms with Gasteiger partial charge in [0, 0.05) is 40.3 Å². The van der Waals surface area contributed by atoms with Crippen molar-refractivity contribution in [2.24, 2.45) is 10.9 Å². The van der Waals surface area contributed by atoms with E-state index in [0.717, 1.165) is 45.0 Å². The van der Waals surface area contributed by atoms with Gasteiger partial charge in [0.15, 0.2) is 5.96 Å². The molecule has 22 heavy (non-hydrogen) atoms.